The van der Waals surface area contributed by atoms with Crippen molar-refractivity contribution in [2.75, 3.05) is 5.32 Å². The molecule has 1 aromatic rings. The van der Waals surface area contributed by atoms with E-state index in [2.05, 4.69) is 5.32 Å². The fourth-order valence-corrected chi connectivity index (χ4v) is 2.05. The zero-order valence-corrected chi connectivity index (χ0v) is 10.4. The van der Waals surface area contributed by atoms with Gasteiger partial charge in [-0.3, -0.25) is 4.79 Å². The van der Waals surface area contributed by atoms with Gasteiger partial charge in [0.2, 0.25) is 15.9 Å². The van der Waals surface area contributed by atoms with Crippen LogP contribution >= 0.6 is 0 Å². The van der Waals surface area contributed by atoms with Crippen LogP contribution in [-0.4, -0.2) is 20.4 Å². The minimum absolute atomic E-state index is 0.0139. The van der Waals surface area contributed by atoms with E-state index in [1.165, 1.54) is 13.0 Å². The molecule has 1 unspecified atom stereocenters. The van der Waals surface area contributed by atoms with E-state index in [0.29, 0.717) is 11.3 Å². The van der Waals surface area contributed by atoms with Gasteiger partial charge in [-0.05, 0) is 31.5 Å². The Morgan fingerprint density at radius 3 is 2.47 bits per heavy atom. The molecule has 0 fully saturated rings. The second-order valence-electron chi connectivity index (χ2n) is 3.80. The molecule has 1 rings (SSSR count). The molecular weight excluding hydrogens is 242 g/mol. The van der Waals surface area contributed by atoms with E-state index in [4.69, 9.17) is 10.9 Å². The molecule has 0 saturated carbocycles. The number of benzene rings is 1. The number of nitrogens with two attached hydrogens (primary N) is 2. The average molecular weight is 257 g/mol. The second-order valence-corrected chi connectivity index (χ2v) is 5.33. The second kappa shape index (κ2) is 4.82. The zero-order valence-electron chi connectivity index (χ0n) is 9.60. The van der Waals surface area contributed by atoms with Crippen LogP contribution < -0.4 is 16.2 Å². The number of hydrogen-bond donors (Lipinski definition) is 3. The van der Waals surface area contributed by atoms with Gasteiger partial charge in [-0.25, -0.2) is 13.6 Å². The maximum absolute atomic E-state index is 11.3. The van der Waals surface area contributed by atoms with Crippen molar-refractivity contribution in [2.45, 2.75) is 24.8 Å². The van der Waals surface area contributed by atoms with Gasteiger partial charge in [-0.2, -0.15) is 0 Å². The molecule has 6 nitrogen and oxygen atoms in total. The number of amides is 1. The first kappa shape index (κ1) is 13.6. The molecule has 0 bridgehead atoms. The predicted molar refractivity (Wildman–Crippen MR) is 64.8 cm³/mol. The zero-order chi connectivity index (χ0) is 13.2. The normalized spacial score (nSPS) is 13.2. The molecule has 0 spiro atoms. The lowest BCUT2D eigenvalue weighted by Crippen LogP contribution is -2.32. The Bertz CT molecular complexity index is 538. The van der Waals surface area contributed by atoms with Crippen LogP contribution in [0.5, 0.6) is 0 Å². The van der Waals surface area contributed by atoms with Crippen molar-refractivity contribution in [3.05, 3.63) is 23.8 Å². The van der Waals surface area contributed by atoms with Gasteiger partial charge in [-0.1, -0.05) is 6.07 Å². The molecule has 94 valence electrons. The Hall–Kier alpha value is -1.44. The van der Waals surface area contributed by atoms with Gasteiger partial charge < -0.3 is 11.1 Å². The molecule has 0 aliphatic heterocycles. The third-order valence-corrected chi connectivity index (χ3v) is 3.23. The first-order chi connectivity index (χ1) is 7.71. The number of nitrogens with one attached hydrogen (secondary N) is 1. The standard InChI is InChI=1S/C10H15N3O3S/c1-6-3-4-8(13-10(14)7(2)11)5-9(6)17(12,15)16/h3-5,7H,11H2,1-2H3,(H,13,14)(H2,12,15,16). The van der Waals surface area contributed by atoms with Crippen LogP contribution in [-0.2, 0) is 14.8 Å². The number of primary sulfonamides is 1. The number of sulfonamides is 1. The molecule has 1 atom stereocenters. The van der Waals surface area contributed by atoms with Crippen molar-refractivity contribution in [3.8, 4) is 0 Å². The number of rotatable bonds is 3. The molecule has 1 aromatic carbocycles. The average Bonchev–Trinajstić information content (AvgIpc) is 2.19. The lowest BCUT2D eigenvalue weighted by atomic mass is 10.2. The van der Waals surface area contributed by atoms with E-state index in [1.807, 2.05) is 0 Å². The van der Waals surface area contributed by atoms with Gasteiger partial charge in [0, 0.05) is 5.69 Å². The van der Waals surface area contributed by atoms with Crippen LogP contribution in [0, 0.1) is 6.92 Å². The Morgan fingerprint density at radius 2 is 2.00 bits per heavy atom. The molecule has 0 radical (unpaired) electrons. The summed E-state index contributed by atoms with van der Waals surface area (Å²) in [6.45, 7) is 3.15. The summed E-state index contributed by atoms with van der Waals surface area (Å²) in [4.78, 5) is 11.3. The molecule has 17 heavy (non-hydrogen) atoms. The van der Waals surface area contributed by atoms with Crippen LogP contribution in [0.4, 0.5) is 5.69 Å². The SMILES string of the molecule is Cc1ccc(NC(=O)C(C)N)cc1S(N)(=O)=O. The minimum atomic E-state index is -3.79. The number of anilines is 1. The van der Waals surface area contributed by atoms with E-state index in [0.717, 1.165) is 0 Å². The van der Waals surface area contributed by atoms with Crippen LogP contribution in [0.25, 0.3) is 0 Å². The monoisotopic (exact) mass is 257 g/mol. The molecule has 0 aliphatic carbocycles. The van der Waals surface area contributed by atoms with Crippen molar-refractivity contribution in [3.63, 3.8) is 0 Å². The van der Waals surface area contributed by atoms with Crippen LogP contribution in [0.2, 0.25) is 0 Å². The third-order valence-electron chi connectivity index (χ3n) is 2.18. The maximum atomic E-state index is 11.3. The van der Waals surface area contributed by atoms with Crippen LogP contribution in [0.15, 0.2) is 23.1 Å². The smallest absolute Gasteiger partial charge is 0.240 e. The first-order valence-corrected chi connectivity index (χ1v) is 6.46. The van der Waals surface area contributed by atoms with E-state index in [-0.39, 0.29) is 4.90 Å². The fraction of sp³-hybridized carbons (Fsp3) is 0.300. The number of carbonyl (C=O) groups is 1. The summed E-state index contributed by atoms with van der Waals surface area (Å²) >= 11 is 0. The van der Waals surface area contributed by atoms with Gasteiger partial charge in [-0.15, -0.1) is 0 Å². The summed E-state index contributed by atoms with van der Waals surface area (Å²) in [5.41, 5.74) is 6.25. The Labute approximate surface area is 100 Å². The van der Waals surface area contributed by atoms with E-state index < -0.39 is 22.0 Å². The summed E-state index contributed by atoms with van der Waals surface area (Å²) in [6.07, 6.45) is 0. The van der Waals surface area contributed by atoms with E-state index >= 15 is 0 Å². The van der Waals surface area contributed by atoms with Crippen LogP contribution in [0.1, 0.15) is 12.5 Å². The summed E-state index contributed by atoms with van der Waals surface area (Å²) < 4.78 is 22.5. The van der Waals surface area contributed by atoms with Crippen molar-refractivity contribution < 1.29 is 13.2 Å². The van der Waals surface area contributed by atoms with Gasteiger partial charge in [0.15, 0.2) is 0 Å². The molecule has 0 aliphatic rings. The number of carbonyl (C=O) groups excluding carboxylic acids is 1. The summed E-state index contributed by atoms with van der Waals surface area (Å²) in [6, 6.07) is 3.79. The van der Waals surface area contributed by atoms with Crippen LogP contribution in [0.3, 0.4) is 0 Å². The lowest BCUT2D eigenvalue weighted by Gasteiger charge is -2.10. The van der Waals surface area contributed by atoms with Crippen molar-refractivity contribution in [1.82, 2.24) is 0 Å². The Balaban J connectivity index is 3.10. The summed E-state index contributed by atoms with van der Waals surface area (Å²) in [7, 11) is -3.79. The summed E-state index contributed by atoms with van der Waals surface area (Å²) in [5.74, 6) is -0.394. The number of hydrogen-bond acceptors (Lipinski definition) is 4. The molecule has 7 heteroatoms. The molecule has 5 N–H and O–H groups in total. The third kappa shape index (κ3) is 3.52. The highest BCUT2D eigenvalue weighted by atomic mass is 32.2. The Morgan fingerprint density at radius 1 is 1.41 bits per heavy atom. The Kier molecular flexibility index (Phi) is 3.87. The highest BCUT2D eigenvalue weighted by Crippen LogP contribution is 2.18. The highest BCUT2D eigenvalue weighted by Gasteiger charge is 2.14. The van der Waals surface area contributed by atoms with Crippen molar-refractivity contribution in [1.29, 1.82) is 0 Å². The lowest BCUT2D eigenvalue weighted by molar-refractivity contribution is -0.117. The fourth-order valence-electron chi connectivity index (χ4n) is 1.24. The minimum Gasteiger partial charge on any atom is -0.325 e. The van der Waals surface area contributed by atoms with Gasteiger partial charge in [0.1, 0.15) is 0 Å². The number of aryl methyl sites for hydroxylation is 1. The highest BCUT2D eigenvalue weighted by molar-refractivity contribution is 7.89. The van der Waals surface area contributed by atoms with Gasteiger partial charge in [0.05, 0.1) is 10.9 Å². The van der Waals surface area contributed by atoms with E-state index in [1.54, 1.807) is 19.1 Å². The first-order valence-electron chi connectivity index (χ1n) is 4.91. The molecule has 1 amide bonds. The quantitative estimate of drug-likeness (QED) is 0.702. The molecule has 0 heterocycles. The molecular formula is C10H15N3O3S. The largest absolute Gasteiger partial charge is 0.325 e. The van der Waals surface area contributed by atoms with Crippen molar-refractivity contribution >= 4 is 21.6 Å². The topological polar surface area (TPSA) is 115 Å². The maximum Gasteiger partial charge on any atom is 0.240 e. The van der Waals surface area contributed by atoms with Gasteiger partial charge in [0.25, 0.3) is 0 Å². The molecule has 0 saturated heterocycles. The van der Waals surface area contributed by atoms with E-state index in [9.17, 15) is 13.2 Å². The van der Waals surface area contributed by atoms with Gasteiger partial charge >= 0.3 is 0 Å². The van der Waals surface area contributed by atoms with Crippen molar-refractivity contribution in [2.24, 2.45) is 10.9 Å². The molecule has 0 aromatic heterocycles. The predicted octanol–water partition coefficient (Wildman–Crippen LogP) is -0.0719. The summed E-state index contributed by atoms with van der Waals surface area (Å²) in [5, 5.41) is 7.55.